The first-order chi connectivity index (χ1) is 11.8. The van der Waals surface area contributed by atoms with Crippen LogP contribution in [0, 0.1) is 5.92 Å². The summed E-state index contributed by atoms with van der Waals surface area (Å²) in [6.07, 6.45) is 7.21. The molecule has 2 fully saturated rings. The zero-order valence-electron chi connectivity index (χ0n) is 14.6. The van der Waals surface area contributed by atoms with Crippen LogP contribution in [0.15, 0.2) is 30.5 Å². The molecule has 0 unspecified atom stereocenters. The fourth-order valence-corrected chi connectivity index (χ4v) is 4.37. The summed E-state index contributed by atoms with van der Waals surface area (Å²) in [5, 5.41) is 1.15. The monoisotopic (exact) mass is 326 g/mol. The zero-order chi connectivity index (χ0) is 16.5. The van der Waals surface area contributed by atoms with Gasteiger partial charge in [0.25, 0.3) is 0 Å². The summed E-state index contributed by atoms with van der Waals surface area (Å²) in [5.41, 5.74) is 2.26. The van der Waals surface area contributed by atoms with Crippen LogP contribution in [0.3, 0.4) is 0 Å². The summed E-state index contributed by atoms with van der Waals surface area (Å²) in [4.78, 5) is 7.03. The minimum atomic E-state index is 0.141. The molecule has 0 amide bonds. The molecule has 3 heterocycles. The summed E-state index contributed by atoms with van der Waals surface area (Å²) < 4.78 is 11.7. The molecular formula is C20H26N2O2. The van der Waals surface area contributed by atoms with Crippen LogP contribution in [0.1, 0.15) is 44.3 Å². The molecule has 2 saturated heterocycles. The number of hydrogen-bond donors (Lipinski definition) is 0. The van der Waals surface area contributed by atoms with Crippen LogP contribution in [0.4, 0.5) is 0 Å². The fourth-order valence-electron chi connectivity index (χ4n) is 4.37. The van der Waals surface area contributed by atoms with Gasteiger partial charge in [-0.05, 0) is 48.6 Å². The van der Waals surface area contributed by atoms with E-state index in [1.54, 1.807) is 7.11 Å². The highest BCUT2D eigenvalue weighted by molar-refractivity contribution is 5.84. The second kappa shape index (κ2) is 6.69. The van der Waals surface area contributed by atoms with Crippen LogP contribution >= 0.6 is 0 Å². The predicted molar refractivity (Wildman–Crippen MR) is 95.1 cm³/mol. The number of methoxy groups -OCH3 is 1. The maximum absolute atomic E-state index is 6.25. The van der Waals surface area contributed by atoms with Gasteiger partial charge in [-0.2, -0.15) is 0 Å². The van der Waals surface area contributed by atoms with Gasteiger partial charge < -0.3 is 9.47 Å². The van der Waals surface area contributed by atoms with E-state index in [1.165, 1.54) is 31.2 Å². The van der Waals surface area contributed by atoms with Gasteiger partial charge in [0.15, 0.2) is 0 Å². The predicted octanol–water partition coefficient (Wildman–Crippen LogP) is 4.15. The van der Waals surface area contributed by atoms with Crippen molar-refractivity contribution in [2.24, 2.45) is 5.92 Å². The van der Waals surface area contributed by atoms with Crippen molar-refractivity contribution < 1.29 is 9.47 Å². The quantitative estimate of drug-likeness (QED) is 0.845. The maximum atomic E-state index is 6.25. The van der Waals surface area contributed by atoms with E-state index in [0.717, 1.165) is 35.8 Å². The Balaban J connectivity index is 1.69. The van der Waals surface area contributed by atoms with Gasteiger partial charge in [0.2, 0.25) is 0 Å². The topological polar surface area (TPSA) is 34.6 Å². The fraction of sp³-hybridized carbons (Fsp3) is 0.550. The molecule has 0 saturated carbocycles. The van der Waals surface area contributed by atoms with Crippen LogP contribution in [-0.2, 0) is 4.74 Å². The highest BCUT2D eigenvalue weighted by Gasteiger charge is 2.40. The van der Waals surface area contributed by atoms with Gasteiger partial charge in [0, 0.05) is 24.2 Å². The van der Waals surface area contributed by atoms with Crippen molar-refractivity contribution in [3.63, 3.8) is 0 Å². The van der Waals surface area contributed by atoms with Gasteiger partial charge in [0.1, 0.15) is 18.6 Å². The number of fused-ring (bicyclic) bond motifs is 2. The maximum Gasteiger partial charge on any atom is 0.119 e. The minimum absolute atomic E-state index is 0.141. The van der Waals surface area contributed by atoms with Crippen molar-refractivity contribution in [3.05, 3.63) is 36.0 Å². The average Bonchev–Trinajstić information content (AvgIpc) is 3.04. The lowest BCUT2D eigenvalue weighted by Gasteiger charge is -2.35. The van der Waals surface area contributed by atoms with Crippen molar-refractivity contribution in [2.45, 2.75) is 44.8 Å². The highest BCUT2D eigenvalue weighted by atomic mass is 16.5. The highest BCUT2D eigenvalue weighted by Crippen LogP contribution is 2.41. The number of aromatic nitrogens is 1. The van der Waals surface area contributed by atoms with E-state index in [-0.39, 0.29) is 6.10 Å². The smallest absolute Gasteiger partial charge is 0.119 e. The lowest BCUT2D eigenvalue weighted by Crippen LogP contribution is -2.40. The van der Waals surface area contributed by atoms with Crippen LogP contribution in [0.5, 0.6) is 5.75 Å². The number of benzene rings is 1. The molecule has 4 nitrogen and oxygen atoms in total. The normalized spacial score (nSPS) is 27.3. The number of ether oxygens (including phenoxy) is 2. The molecule has 2 aliphatic rings. The van der Waals surface area contributed by atoms with Gasteiger partial charge in [-0.3, -0.25) is 9.88 Å². The second-order valence-corrected chi connectivity index (χ2v) is 7.06. The van der Waals surface area contributed by atoms with Gasteiger partial charge in [-0.25, -0.2) is 0 Å². The van der Waals surface area contributed by atoms with Crippen LogP contribution < -0.4 is 4.74 Å². The van der Waals surface area contributed by atoms with Crippen molar-refractivity contribution in [1.82, 2.24) is 9.88 Å². The molecule has 2 aromatic rings. The first kappa shape index (κ1) is 15.9. The molecule has 2 aliphatic heterocycles. The Bertz CT molecular complexity index is 718. The molecule has 1 aromatic heterocycles. The van der Waals surface area contributed by atoms with Crippen LogP contribution in [0.25, 0.3) is 10.9 Å². The van der Waals surface area contributed by atoms with Crippen LogP contribution in [0.2, 0.25) is 0 Å². The van der Waals surface area contributed by atoms with E-state index >= 15 is 0 Å². The molecule has 0 aliphatic carbocycles. The van der Waals surface area contributed by atoms with Gasteiger partial charge in [-0.15, -0.1) is 0 Å². The first-order valence-electron chi connectivity index (χ1n) is 9.08. The molecule has 24 heavy (non-hydrogen) atoms. The Morgan fingerprint density at radius 3 is 3.08 bits per heavy atom. The zero-order valence-corrected chi connectivity index (χ0v) is 14.6. The molecule has 3 atom stereocenters. The van der Waals surface area contributed by atoms with E-state index in [2.05, 4.69) is 28.9 Å². The molecule has 0 spiro atoms. The molecule has 0 bridgehead atoms. The van der Waals surface area contributed by atoms with E-state index < -0.39 is 0 Å². The lowest BCUT2D eigenvalue weighted by molar-refractivity contribution is 0.0898. The van der Waals surface area contributed by atoms with Crippen LogP contribution in [-0.4, -0.2) is 36.3 Å². The Morgan fingerprint density at radius 2 is 2.25 bits per heavy atom. The van der Waals surface area contributed by atoms with Gasteiger partial charge >= 0.3 is 0 Å². The molecule has 0 N–H and O–H groups in total. The minimum Gasteiger partial charge on any atom is -0.497 e. The second-order valence-electron chi connectivity index (χ2n) is 7.06. The number of rotatable bonds is 4. The molecular weight excluding hydrogens is 300 g/mol. The third-order valence-electron chi connectivity index (χ3n) is 5.62. The summed E-state index contributed by atoms with van der Waals surface area (Å²) in [5.74, 6) is 1.71. The van der Waals surface area contributed by atoms with Gasteiger partial charge in [-0.1, -0.05) is 19.8 Å². The third kappa shape index (κ3) is 2.78. The van der Waals surface area contributed by atoms with Crippen molar-refractivity contribution >= 4 is 10.9 Å². The summed E-state index contributed by atoms with van der Waals surface area (Å²) in [6, 6.07) is 8.71. The van der Waals surface area contributed by atoms with E-state index in [0.29, 0.717) is 6.04 Å². The number of nitrogens with zero attached hydrogens (tertiary/aromatic N) is 2. The third-order valence-corrected chi connectivity index (χ3v) is 5.62. The Hall–Kier alpha value is -1.65. The number of pyridine rings is 1. The molecule has 128 valence electrons. The SMILES string of the molecule is CCC[C@H]1CCN2CO[C@H](c3ccnc4ccc(OC)cc34)[C@@H]2C1. The standard InChI is InChI=1S/C20H26N2O2/c1-3-4-14-8-10-22-13-24-20(19(22)11-14)16-7-9-21-18-6-5-15(23-2)12-17(16)18/h5-7,9,12,14,19-20H,3-4,8,10-11,13H2,1-2H3/t14-,19-,20+/m0/s1. The van der Waals surface area contributed by atoms with Gasteiger partial charge in [0.05, 0.1) is 12.6 Å². The first-order valence-corrected chi connectivity index (χ1v) is 9.08. The number of piperidine rings is 1. The van der Waals surface area contributed by atoms with E-state index in [4.69, 9.17) is 9.47 Å². The largest absolute Gasteiger partial charge is 0.497 e. The Kier molecular flexibility index (Phi) is 4.42. The molecule has 4 heteroatoms. The van der Waals surface area contributed by atoms with E-state index in [1.807, 2.05) is 18.3 Å². The van der Waals surface area contributed by atoms with Crippen molar-refractivity contribution in [2.75, 3.05) is 20.4 Å². The van der Waals surface area contributed by atoms with E-state index in [9.17, 15) is 0 Å². The molecule has 0 radical (unpaired) electrons. The van der Waals surface area contributed by atoms with Crippen molar-refractivity contribution in [1.29, 1.82) is 0 Å². The Morgan fingerprint density at radius 1 is 1.33 bits per heavy atom. The summed E-state index contributed by atoms with van der Waals surface area (Å²) in [6.45, 7) is 4.21. The molecule has 1 aromatic carbocycles. The number of hydrogen-bond acceptors (Lipinski definition) is 4. The lowest BCUT2D eigenvalue weighted by atomic mass is 9.84. The molecule has 4 rings (SSSR count). The van der Waals surface area contributed by atoms with Crippen molar-refractivity contribution in [3.8, 4) is 5.75 Å². The Labute approximate surface area is 143 Å². The summed E-state index contributed by atoms with van der Waals surface area (Å²) >= 11 is 0. The average molecular weight is 326 g/mol. The summed E-state index contributed by atoms with van der Waals surface area (Å²) in [7, 11) is 1.71.